The van der Waals surface area contributed by atoms with E-state index in [0.717, 1.165) is 24.8 Å². The summed E-state index contributed by atoms with van der Waals surface area (Å²) in [6, 6.07) is 6.50. The third-order valence-corrected chi connectivity index (χ3v) is 5.25. The number of anilines is 1. The van der Waals surface area contributed by atoms with Crippen LogP contribution in [0.3, 0.4) is 0 Å². The number of benzene rings is 1. The Hall–Kier alpha value is -2.35. The molecule has 1 heterocycles. The molecule has 7 nitrogen and oxygen atoms in total. The van der Waals surface area contributed by atoms with Crippen LogP contribution in [0.25, 0.3) is 0 Å². The second-order valence-corrected chi connectivity index (χ2v) is 7.10. The van der Waals surface area contributed by atoms with Gasteiger partial charge in [0.1, 0.15) is 5.69 Å². The van der Waals surface area contributed by atoms with Gasteiger partial charge < -0.3 is 4.74 Å². The fourth-order valence-corrected chi connectivity index (χ4v) is 3.76. The van der Waals surface area contributed by atoms with Crippen LogP contribution in [0.4, 0.5) is 5.82 Å². The summed E-state index contributed by atoms with van der Waals surface area (Å²) in [6.45, 7) is 0. The van der Waals surface area contributed by atoms with Crippen molar-refractivity contribution in [1.29, 1.82) is 0 Å². The Morgan fingerprint density at radius 3 is 2.74 bits per heavy atom. The summed E-state index contributed by atoms with van der Waals surface area (Å²) in [5, 5.41) is 3.99. The highest BCUT2D eigenvalue weighted by molar-refractivity contribution is 7.92. The molecule has 0 saturated carbocycles. The summed E-state index contributed by atoms with van der Waals surface area (Å²) in [5.41, 5.74) is 2.44. The van der Waals surface area contributed by atoms with Crippen molar-refractivity contribution in [2.24, 2.45) is 7.05 Å². The molecule has 0 radical (unpaired) electrons. The molecule has 2 aromatic rings. The predicted octanol–water partition coefficient (Wildman–Crippen LogP) is 1.50. The topological polar surface area (TPSA) is 90.3 Å². The van der Waals surface area contributed by atoms with E-state index < -0.39 is 16.0 Å². The fraction of sp³-hybridized carbons (Fsp3) is 0.333. The van der Waals surface area contributed by atoms with Crippen LogP contribution in [0.1, 0.15) is 28.0 Å². The van der Waals surface area contributed by atoms with Gasteiger partial charge in [-0.05, 0) is 42.5 Å². The van der Waals surface area contributed by atoms with Gasteiger partial charge in [0, 0.05) is 13.1 Å². The van der Waals surface area contributed by atoms with Gasteiger partial charge in [-0.2, -0.15) is 5.10 Å². The Balaban J connectivity index is 1.88. The first-order valence-corrected chi connectivity index (χ1v) is 8.66. The molecule has 1 aliphatic rings. The van der Waals surface area contributed by atoms with Gasteiger partial charge in [0.05, 0.1) is 12.0 Å². The van der Waals surface area contributed by atoms with E-state index in [9.17, 15) is 13.2 Å². The number of nitrogens with one attached hydrogen (secondary N) is 1. The molecule has 0 saturated heterocycles. The van der Waals surface area contributed by atoms with Crippen LogP contribution in [0, 0.1) is 0 Å². The van der Waals surface area contributed by atoms with E-state index in [1.54, 1.807) is 19.2 Å². The lowest BCUT2D eigenvalue weighted by atomic mass is 10.1. The number of carbonyl (C=O) groups is 1. The zero-order chi connectivity index (χ0) is 16.6. The third kappa shape index (κ3) is 2.94. The van der Waals surface area contributed by atoms with Crippen molar-refractivity contribution >= 4 is 21.8 Å². The average Bonchev–Trinajstić information content (AvgIpc) is 3.11. The molecule has 0 atom stereocenters. The van der Waals surface area contributed by atoms with Crippen molar-refractivity contribution in [3.63, 3.8) is 0 Å². The molecule has 1 aromatic carbocycles. The average molecular weight is 335 g/mol. The van der Waals surface area contributed by atoms with Gasteiger partial charge in [-0.1, -0.05) is 6.07 Å². The lowest BCUT2D eigenvalue weighted by molar-refractivity contribution is 0.0588. The first kappa shape index (κ1) is 15.5. The number of sulfonamides is 1. The van der Waals surface area contributed by atoms with Crippen LogP contribution in [-0.2, 0) is 34.6 Å². The Kier molecular flexibility index (Phi) is 3.85. The summed E-state index contributed by atoms with van der Waals surface area (Å²) >= 11 is 0. The number of rotatable bonds is 4. The minimum atomic E-state index is -3.75. The fourth-order valence-electron chi connectivity index (χ4n) is 2.72. The standard InChI is InChI=1S/C15H17N3O4S/c1-18-13(15(19)22-2)9-14(16-18)17-23(20,21)12-7-6-10-4-3-5-11(10)8-12/h6-9H,3-5H2,1-2H3,(H,16,17). The van der Waals surface area contributed by atoms with Crippen LogP contribution in [0.2, 0.25) is 0 Å². The maximum Gasteiger partial charge on any atom is 0.356 e. The number of ether oxygens (including phenoxy) is 1. The molecule has 0 fully saturated rings. The lowest BCUT2D eigenvalue weighted by Gasteiger charge is -2.07. The number of aryl methyl sites for hydroxylation is 3. The van der Waals surface area contributed by atoms with Gasteiger partial charge >= 0.3 is 5.97 Å². The Morgan fingerprint density at radius 1 is 1.26 bits per heavy atom. The summed E-state index contributed by atoms with van der Waals surface area (Å²) in [5.74, 6) is -0.503. The second-order valence-electron chi connectivity index (χ2n) is 5.42. The van der Waals surface area contributed by atoms with Gasteiger partial charge in [-0.25, -0.2) is 13.2 Å². The first-order chi connectivity index (χ1) is 10.9. The number of hydrogen-bond acceptors (Lipinski definition) is 5. The van der Waals surface area contributed by atoms with Crippen molar-refractivity contribution < 1.29 is 17.9 Å². The third-order valence-electron chi connectivity index (χ3n) is 3.89. The highest BCUT2D eigenvalue weighted by atomic mass is 32.2. The van der Waals surface area contributed by atoms with E-state index in [4.69, 9.17) is 0 Å². The Bertz CT molecular complexity index is 871. The molecule has 1 N–H and O–H groups in total. The van der Waals surface area contributed by atoms with E-state index in [2.05, 4.69) is 14.6 Å². The van der Waals surface area contributed by atoms with Gasteiger partial charge in [0.15, 0.2) is 5.82 Å². The summed E-state index contributed by atoms with van der Waals surface area (Å²) < 4.78 is 33.3. The van der Waals surface area contributed by atoms with E-state index in [1.165, 1.54) is 23.4 Å². The molecule has 0 unspecified atom stereocenters. The number of hydrogen-bond donors (Lipinski definition) is 1. The molecule has 23 heavy (non-hydrogen) atoms. The van der Waals surface area contributed by atoms with E-state index in [0.29, 0.717) is 0 Å². The Morgan fingerprint density at radius 2 is 2.00 bits per heavy atom. The van der Waals surface area contributed by atoms with Gasteiger partial charge in [0.2, 0.25) is 0 Å². The molecule has 3 rings (SSSR count). The molecule has 122 valence electrons. The molecule has 8 heteroatoms. The minimum Gasteiger partial charge on any atom is -0.464 e. The number of aromatic nitrogens is 2. The second kappa shape index (κ2) is 5.69. The Labute approximate surface area is 134 Å². The maximum absolute atomic E-state index is 12.5. The number of esters is 1. The van der Waals surface area contributed by atoms with E-state index in [1.807, 2.05) is 6.07 Å². The molecule has 1 aromatic heterocycles. The normalized spacial score (nSPS) is 13.7. The SMILES string of the molecule is COC(=O)c1cc(NS(=O)(=O)c2ccc3c(c2)CCC3)nn1C. The van der Waals surface area contributed by atoms with Crippen LogP contribution < -0.4 is 4.72 Å². The van der Waals surface area contributed by atoms with E-state index >= 15 is 0 Å². The van der Waals surface area contributed by atoms with Crippen molar-refractivity contribution in [3.8, 4) is 0 Å². The van der Waals surface area contributed by atoms with Crippen LogP contribution in [0.5, 0.6) is 0 Å². The van der Waals surface area contributed by atoms with Gasteiger partial charge in [-0.15, -0.1) is 0 Å². The molecule has 0 aliphatic heterocycles. The molecular weight excluding hydrogens is 318 g/mol. The predicted molar refractivity (Wildman–Crippen MR) is 83.8 cm³/mol. The van der Waals surface area contributed by atoms with Crippen molar-refractivity contribution in [2.75, 3.05) is 11.8 Å². The van der Waals surface area contributed by atoms with Crippen molar-refractivity contribution in [3.05, 3.63) is 41.1 Å². The highest BCUT2D eigenvalue weighted by Crippen LogP contribution is 2.25. The number of methoxy groups -OCH3 is 1. The number of carbonyl (C=O) groups excluding carboxylic acids is 1. The zero-order valence-electron chi connectivity index (χ0n) is 12.9. The zero-order valence-corrected chi connectivity index (χ0v) is 13.7. The summed E-state index contributed by atoms with van der Waals surface area (Å²) in [7, 11) is -0.954. The summed E-state index contributed by atoms with van der Waals surface area (Å²) in [4.78, 5) is 11.7. The lowest BCUT2D eigenvalue weighted by Crippen LogP contribution is -2.14. The number of fused-ring (bicyclic) bond motifs is 1. The number of nitrogens with zero attached hydrogens (tertiary/aromatic N) is 2. The van der Waals surface area contributed by atoms with Gasteiger partial charge in [-0.3, -0.25) is 9.40 Å². The first-order valence-electron chi connectivity index (χ1n) is 7.17. The minimum absolute atomic E-state index is 0.0772. The maximum atomic E-state index is 12.5. The quantitative estimate of drug-likeness (QED) is 0.855. The van der Waals surface area contributed by atoms with Crippen LogP contribution in [-0.4, -0.2) is 31.3 Å². The smallest absolute Gasteiger partial charge is 0.356 e. The van der Waals surface area contributed by atoms with Crippen LogP contribution >= 0.6 is 0 Å². The molecule has 0 amide bonds. The molecular formula is C15H17N3O4S. The largest absolute Gasteiger partial charge is 0.464 e. The molecule has 0 bridgehead atoms. The van der Waals surface area contributed by atoms with Crippen molar-refractivity contribution in [1.82, 2.24) is 9.78 Å². The monoisotopic (exact) mass is 335 g/mol. The molecule has 0 spiro atoms. The summed E-state index contributed by atoms with van der Waals surface area (Å²) in [6.07, 6.45) is 2.94. The van der Waals surface area contributed by atoms with Gasteiger partial charge in [0.25, 0.3) is 10.0 Å². The highest BCUT2D eigenvalue weighted by Gasteiger charge is 2.21. The van der Waals surface area contributed by atoms with E-state index in [-0.39, 0.29) is 16.4 Å². The molecule has 1 aliphatic carbocycles. The van der Waals surface area contributed by atoms with Crippen LogP contribution in [0.15, 0.2) is 29.2 Å². The van der Waals surface area contributed by atoms with Crippen molar-refractivity contribution in [2.45, 2.75) is 24.2 Å².